The van der Waals surface area contributed by atoms with Crippen LogP contribution in [-0.4, -0.2) is 40.3 Å². The monoisotopic (exact) mass is 269 g/mol. The molecule has 9 heteroatoms. The van der Waals surface area contributed by atoms with Crippen LogP contribution in [0.4, 0.5) is 0 Å². The van der Waals surface area contributed by atoms with Gasteiger partial charge in [0.25, 0.3) is 0 Å². The summed E-state index contributed by atoms with van der Waals surface area (Å²) in [6.45, 7) is -1.65. The zero-order chi connectivity index (χ0) is 12.5. The van der Waals surface area contributed by atoms with Crippen molar-refractivity contribution in [2.24, 2.45) is 0 Å². The van der Waals surface area contributed by atoms with Gasteiger partial charge >= 0.3 is 6.80 Å². The average molecular weight is 269 g/mol. The molecule has 0 unspecified atom stereocenters. The minimum atomic E-state index is -4.70. The average Bonchev–Trinajstić information content (AvgIpc) is 2.68. The lowest BCUT2D eigenvalue weighted by Crippen LogP contribution is -2.41. The number of hydrogen-bond acceptors (Lipinski definition) is 4. The van der Waals surface area contributed by atoms with Gasteiger partial charge in [0, 0.05) is 20.2 Å². The Morgan fingerprint density at radius 2 is 1.94 bits per heavy atom. The van der Waals surface area contributed by atoms with E-state index in [0.29, 0.717) is 0 Å². The highest BCUT2D eigenvalue weighted by atomic mass is 32.8. The van der Waals surface area contributed by atoms with E-state index < -0.39 is 15.5 Å². The van der Waals surface area contributed by atoms with Crippen LogP contribution in [0, 0.1) is 0 Å². The molecular weight excluding hydrogens is 253 g/mol. The molecule has 0 spiro atoms. The second-order valence-electron chi connectivity index (χ2n) is 3.56. The van der Waals surface area contributed by atoms with Crippen LogP contribution in [0.2, 0.25) is 0 Å². The first-order valence-electron chi connectivity index (χ1n) is 4.76. The van der Waals surface area contributed by atoms with Gasteiger partial charge < -0.3 is 9.79 Å². The summed E-state index contributed by atoms with van der Waals surface area (Å²) >= 11 is 0. The zero-order valence-corrected chi connectivity index (χ0v) is 10.9. The van der Waals surface area contributed by atoms with Crippen LogP contribution in [0.5, 0.6) is 0 Å². The number of aromatic nitrogens is 3. The summed E-state index contributed by atoms with van der Waals surface area (Å²) in [5.41, 5.74) is 0. The Bertz CT molecular complexity index is 458. The van der Waals surface area contributed by atoms with Crippen molar-refractivity contribution in [3.63, 3.8) is 0 Å². The molecule has 1 rings (SSSR count). The second kappa shape index (κ2) is 4.03. The van der Waals surface area contributed by atoms with Crippen molar-refractivity contribution in [3.05, 3.63) is 12.7 Å². The summed E-state index contributed by atoms with van der Waals surface area (Å²) in [6, 6.07) is 0. The van der Waals surface area contributed by atoms with Crippen LogP contribution in [0.15, 0.2) is 12.7 Å². The SMILES string of the molecule is CCS(=O)(CC)(Cn1cncn1)P(=O)(O)O. The zero-order valence-electron chi connectivity index (χ0n) is 9.18. The van der Waals surface area contributed by atoms with E-state index >= 15 is 0 Å². The maximum absolute atomic E-state index is 12.8. The minimum Gasteiger partial charge on any atom is -0.316 e. The van der Waals surface area contributed by atoms with Gasteiger partial charge in [-0.15, -0.1) is 0 Å². The molecule has 0 aliphatic rings. The largest absolute Gasteiger partial charge is 0.394 e. The topological polar surface area (TPSA) is 105 Å². The normalized spacial score (nSPS) is 15.6. The van der Waals surface area contributed by atoms with Gasteiger partial charge in [0.05, 0.1) is 0 Å². The number of rotatable bonds is 5. The highest BCUT2D eigenvalue weighted by Crippen LogP contribution is 2.61. The van der Waals surface area contributed by atoms with Gasteiger partial charge in [-0.3, -0.25) is 4.21 Å². The Morgan fingerprint density at radius 3 is 2.25 bits per heavy atom. The van der Waals surface area contributed by atoms with Gasteiger partial charge in [-0.1, -0.05) is 13.8 Å². The molecule has 7 nitrogen and oxygen atoms in total. The van der Waals surface area contributed by atoms with Crippen LogP contribution in [0.1, 0.15) is 13.8 Å². The summed E-state index contributed by atoms with van der Waals surface area (Å²) in [5.74, 6) is -0.426. The number of nitrogens with zero attached hydrogens (tertiary/aromatic N) is 3. The maximum atomic E-state index is 12.8. The Balaban J connectivity index is 3.27. The molecule has 94 valence electrons. The molecule has 1 aromatic rings. The van der Waals surface area contributed by atoms with Gasteiger partial charge in [-0.25, -0.2) is 14.2 Å². The highest BCUT2D eigenvalue weighted by Gasteiger charge is 2.50. The van der Waals surface area contributed by atoms with Crippen molar-refractivity contribution in [2.75, 3.05) is 11.5 Å². The van der Waals surface area contributed by atoms with E-state index in [1.807, 2.05) is 0 Å². The van der Waals surface area contributed by atoms with Crippen molar-refractivity contribution in [1.29, 1.82) is 0 Å². The summed E-state index contributed by atoms with van der Waals surface area (Å²) in [7, 11) is -4.08. The first-order valence-corrected chi connectivity index (χ1v) is 9.45. The van der Waals surface area contributed by atoms with E-state index in [4.69, 9.17) is 0 Å². The fourth-order valence-corrected chi connectivity index (χ4v) is 6.55. The van der Waals surface area contributed by atoms with Crippen LogP contribution in [0.25, 0.3) is 0 Å². The van der Waals surface area contributed by atoms with E-state index in [1.54, 1.807) is 0 Å². The molecule has 0 radical (unpaired) electrons. The van der Waals surface area contributed by atoms with Crippen molar-refractivity contribution >= 4 is 15.5 Å². The van der Waals surface area contributed by atoms with E-state index in [1.165, 1.54) is 31.2 Å². The predicted octanol–water partition coefficient (Wildman–Crippen LogP) is 0.188. The Morgan fingerprint density at radius 1 is 1.38 bits per heavy atom. The van der Waals surface area contributed by atoms with Crippen LogP contribution in [0.3, 0.4) is 0 Å². The smallest absolute Gasteiger partial charge is 0.316 e. The van der Waals surface area contributed by atoms with Crippen LogP contribution < -0.4 is 0 Å². The molecule has 2 N–H and O–H groups in total. The molecule has 0 fully saturated rings. The molecule has 0 aliphatic carbocycles. The molecular formula is C7H16N3O4PS. The standard InChI is InChI=1S/C7H16N3O4PS/c1-3-16(14,4-2,15(11,12)13)7-10-6-8-5-9-10/h5-6H,3-4,7H2,1-2H3,(H2,11,12,13). The Hall–Kier alpha value is -0.560. The Labute approximate surface area is 93.2 Å². The minimum absolute atomic E-state index is 0.0716. The van der Waals surface area contributed by atoms with Crippen molar-refractivity contribution < 1.29 is 18.6 Å². The third-order valence-corrected chi connectivity index (χ3v) is 13.0. The predicted molar refractivity (Wildman–Crippen MR) is 61.3 cm³/mol. The third kappa shape index (κ3) is 1.98. The summed E-state index contributed by atoms with van der Waals surface area (Å²) in [4.78, 5) is 22.4. The molecule has 0 atom stereocenters. The molecule has 0 amide bonds. The molecule has 0 aliphatic heterocycles. The fraction of sp³-hybridized carbons (Fsp3) is 0.714. The summed E-state index contributed by atoms with van der Waals surface area (Å²) in [6.07, 6.45) is 2.54. The van der Waals surface area contributed by atoms with E-state index in [-0.39, 0.29) is 17.4 Å². The molecule has 16 heavy (non-hydrogen) atoms. The lowest BCUT2D eigenvalue weighted by Gasteiger charge is -2.39. The third-order valence-electron chi connectivity index (χ3n) is 2.80. The lowest BCUT2D eigenvalue weighted by atomic mass is 11.0. The molecule has 0 bridgehead atoms. The first-order chi connectivity index (χ1) is 7.26. The van der Waals surface area contributed by atoms with Gasteiger partial charge in [-0.2, -0.15) is 5.10 Å². The molecule has 0 saturated heterocycles. The van der Waals surface area contributed by atoms with E-state index in [0.717, 1.165) is 0 Å². The Kier molecular flexibility index (Phi) is 3.40. The highest BCUT2D eigenvalue weighted by molar-refractivity contribution is 8.65. The van der Waals surface area contributed by atoms with E-state index in [9.17, 15) is 18.6 Å². The van der Waals surface area contributed by atoms with Gasteiger partial charge in [0.15, 0.2) is 0 Å². The summed E-state index contributed by atoms with van der Waals surface area (Å²) < 4.78 is 25.5. The molecule has 0 saturated carbocycles. The molecule has 0 aromatic carbocycles. The van der Waals surface area contributed by atoms with Crippen LogP contribution >= 0.6 is 6.80 Å². The quantitative estimate of drug-likeness (QED) is 0.739. The van der Waals surface area contributed by atoms with Crippen molar-refractivity contribution in [2.45, 2.75) is 19.7 Å². The maximum Gasteiger partial charge on any atom is 0.394 e. The molecule has 1 heterocycles. The van der Waals surface area contributed by atoms with Gasteiger partial charge in [0.1, 0.15) is 18.5 Å². The summed E-state index contributed by atoms with van der Waals surface area (Å²) in [5, 5.41) is 3.74. The first kappa shape index (κ1) is 13.5. The lowest BCUT2D eigenvalue weighted by molar-refractivity contribution is 0.390. The van der Waals surface area contributed by atoms with E-state index in [2.05, 4.69) is 10.1 Å². The van der Waals surface area contributed by atoms with Gasteiger partial charge in [0.2, 0.25) is 0 Å². The number of hydrogen-bond donors (Lipinski definition) is 2. The van der Waals surface area contributed by atoms with Gasteiger partial charge in [-0.05, 0) is 0 Å². The fourth-order valence-electron chi connectivity index (χ4n) is 1.40. The molecule has 1 aromatic heterocycles. The second-order valence-corrected chi connectivity index (χ2v) is 13.0. The van der Waals surface area contributed by atoms with Crippen molar-refractivity contribution in [1.82, 2.24) is 14.8 Å². The van der Waals surface area contributed by atoms with Crippen LogP contribution in [-0.2, 0) is 19.1 Å². The van der Waals surface area contributed by atoms with Crippen molar-refractivity contribution in [3.8, 4) is 0 Å².